The summed E-state index contributed by atoms with van der Waals surface area (Å²) < 4.78 is 13.5. The topological polar surface area (TPSA) is 70.7 Å². The molecule has 23 heavy (non-hydrogen) atoms. The van der Waals surface area contributed by atoms with Gasteiger partial charge in [-0.3, -0.25) is 14.9 Å². The van der Waals surface area contributed by atoms with Crippen molar-refractivity contribution in [3.05, 3.63) is 66.2 Å². The highest BCUT2D eigenvalue weighted by atomic mass is 19.1. The van der Waals surface area contributed by atoms with Gasteiger partial charge in [0.2, 0.25) is 5.91 Å². The number of nitrogens with zero attached hydrogens (tertiary/aromatic N) is 2. The smallest absolute Gasteiger partial charge is 0.225 e. The number of nitrogens with one attached hydrogen (secondary N) is 2. The van der Waals surface area contributed by atoms with E-state index in [-0.39, 0.29) is 18.1 Å². The van der Waals surface area contributed by atoms with Gasteiger partial charge in [0.15, 0.2) is 5.82 Å². The Balaban J connectivity index is 1.58. The summed E-state index contributed by atoms with van der Waals surface area (Å²) in [5.74, 6) is -0.0589. The monoisotopic (exact) mass is 310 g/mol. The van der Waals surface area contributed by atoms with Crippen molar-refractivity contribution in [2.45, 2.75) is 12.8 Å². The second kappa shape index (κ2) is 6.83. The molecule has 0 fully saturated rings. The molecule has 5 nitrogen and oxygen atoms in total. The highest BCUT2D eigenvalue weighted by Crippen LogP contribution is 2.18. The largest absolute Gasteiger partial charge is 0.309 e. The number of carbonyl (C=O) groups is 1. The third kappa shape index (κ3) is 3.79. The maximum absolute atomic E-state index is 13.5. The summed E-state index contributed by atoms with van der Waals surface area (Å²) in [5.41, 5.74) is 2.25. The van der Waals surface area contributed by atoms with Gasteiger partial charge in [0.1, 0.15) is 5.82 Å². The number of rotatable bonds is 5. The molecule has 0 unspecified atom stereocenters. The Morgan fingerprint density at radius 1 is 1.17 bits per heavy atom. The molecule has 1 aromatic carbocycles. The molecule has 0 saturated heterocycles. The minimum Gasteiger partial charge on any atom is -0.309 e. The number of halogens is 1. The number of anilines is 1. The summed E-state index contributed by atoms with van der Waals surface area (Å²) in [5, 5.41) is 9.61. The number of aromatic amines is 1. The van der Waals surface area contributed by atoms with E-state index in [0.29, 0.717) is 17.8 Å². The zero-order valence-electron chi connectivity index (χ0n) is 12.3. The minimum absolute atomic E-state index is 0.193. The number of hydrogen-bond acceptors (Lipinski definition) is 3. The third-order valence-corrected chi connectivity index (χ3v) is 3.42. The maximum Gasteiger partial charge on any atom is 0.225 e. The Kier molecular flexibility index (Phi) is 4.42. The SMILES string of the molecule is O=C(CCc1ccccc1F)Nc1cc(-c2ccncc2)[nH]n1. The molecule has 0 radical (unpaired) electrons. The standard InChI is InChI=1S/C17H15FN4O/c18-14-4-2-1-3-12(14)5-6-17(23)20-16-11-15(21-22-16)13-7-9-19-10-8-13/h1-4,7-11H,5-6H2,(H2,20,21,22,23). The molecule has 0 aliphatic rings. The van der Waals surface area contributed by atoms with E-state index in [1.165, 1.54) is 6.07 Å². The number of aryl methyl sites for hydroxylation is 1. The highest BCUT2D eigenvalue weighted by molar-refractivity contribution is 5.90. The summed E-state index contributed by atoms with van der Waals surface area (Å²) in [6.07, 6.45) is 3.91. The number of hydrogen-bond donors (Lipinski definition) is 2. The number of H-pyrrole nitrogens is 1. The second-order valence-electron chi connectivity index (χ2n) is 5.04. The highest BCUT2D eigenvalue weighted by Gasteiger charge is 2.09. The van der Waals surface area contributed by atoms with Gasteiger partial charge in [0.05, 0.1) is 5.69 Å². The molecule has 2 heterocycles. The van der Waals surface area contributed by atoms with Crippen molar-refractivity contribution in [1.82, 2.24) is 15.2 Å². The molecule has 3 aromatic rings. The zero-order valence-corrected chi connectivity index (χ0v) is 12.3. The van der Waals surface area contributed by atoms with Crippen LogP contribution in [0.5, 0.6) is 0 Å². The molecule has 2 aromatic heterocycles. The normalized spacial score (nSPS) is 10.5. The number of pyridine rings is 1. The molecule has 0 aliphatic carbocycles. The Morgan fingerprint density at radius 2 is 1.96 bits per heavy atom. The lowest BCUT2D eigenvalue weighted by Gasteiger charge is -2.03. The van der Waals surface area contributed by atoms with Crippen LogP contribution in [0.3, 0.4) is 0 Å². The Labute approximate surface area is 132 Å². The van der Waals surface area contributed by atoms with E-state index in [2.05, 4.69) is 20.5 Å². The molecule has 0 bridgehead atoms. The van der Waals surface area contributed by atoms with Crippen LogP contribution in [0.4, 0.5) is 10.2 Å². The molecule has 1 amide bonds. The molecule has 0 spiro atoms. The minimum atomic E-state index is -0.292. The van der Waals surface area contributed by atoms with Crippen molar-refractivity contribution >= 4 is 11.7 Å². The first-order valence-electron chi connectivity index (χ1n) is 7.21. The molecule has 2 N–H and O–H groups in total. The Hall–Kier alpha value is -3.02. The lowest BCUT2D eigenvalue weighted by Crippen LogP contribution is -2.12. The van der Waals surface area contributed by atoms with Gasteiger partial charge in [0, 0.05) is 30.4 Å². The van der Waals surface area contributed by atoms with E-state index in [1.807, 2.05) is 12.1 Å². The van der Waals surface area contributed by atoms with Gasteiger partial charge in [-0.25, -0.2) is 4.39 Å². The fraction of sp³-hybridized carbons (Fsp3) is 0.118. The third-order valence-electron chi connectivity index (χ3n) is 3.42. The molecular formula is C17H15FN4O. The van der Waals surface area contributed by atoms with Crippen molar-refractivity contribution in [2.75, 3.05) is 5.32 Å². The maximum atomic E-state index is 13.5. The fourth-order valence-corrected chi connectivity index (χ4v) is 2.22. The lowest BCUT2D eigenvalue weighted by molar-refractivity contribution is -0.116. The quantitative estimate of drug-likeness (QED) is 0.760. The molecule has 3 rings (SSSR count). The molecule has 116 valence electrons. The van der Waals surface area contributed by atoms with Gasteiger partial charge < -0.3 is 5.32 Å². The van der Waals surface area contributed by atoms with Crippen molar-refractivity contribution in [3.63, 3.8) is 0 Å². The summed E-state index contributed by atoms with van der Waals surface area (Å²) >= 11 is 0. The average molecular weight is 310 g/mol. The van der Waals surface area contributed by atoms with Crippen LogP contribution in [0.1, 0.15) is 12.0 Å². The predicted molar refractivity (Wildman–Crippen MR) is 85.2 cm³/mol. The van der Waals surface area contributed by atoms with Crippen LogP contribution < -0.4 is 5.32 Å². The van der Waals surface area contributed by atoms with Gasteiger partial charge in [-0.05, 0) is 30.2 Å². The molecule has 0 aliphatic heterocycles. The second-order valence-corrected chi connectivity index (χ2v) is 5.04. The van der Waals surface area contributed by atoms with Crippen molar-refractivity contribution < 1.29 is 9.18 Å². The van der Waals surface area contributed by atoms with E-state index in [0.717, 1.165) is 11.3 Å². The summed E-state index contributed by atoms with van der Waals surface area (Å²) in [6, 6.07) is 11.9. The van der Waals surface area contributed by atoms with Crippen molar-refractivity contribution in [2.24, 2.45) is 0 Å². The average Bonchev–Trinajstić information content (AvgIpc) is 3.03. The predicted octanol–water partition coefficient (Wildman–Crippen LogP) is 3.18. The van der Waals surface area contributed by atoms with Crippen LogP contribution in [-0.2, 0) is 11.2 Å². The van der Waals surface area contributed by atoms with E-state index in [4.69, 9.17) is 0 Å². The first-order chi connectivity index (χ1) is 11.2. The summed E-state index contributed by atoms with van der Waals surface area (Å²) in [4.78, 5) is 15.9. The van der Waals surface area contributed by atoms with Gasteiger partial charge in [-0.1, -0.05) is 18.2 Å². The van der Waals surface area contributed by atoms with Gasteiger partial charge in [-0.15, -0.1) is 0 Å². The number of amides is 1. The molecule has 0 atom stereocenters. The summed E-state index contributed by atoms with van der Waals surface area (Å²) in [6.45, 7) is 0. The molecule has 6 heteroatoms. The van der Waals surface area contributed by atoms with Crippen molar-refractivity contribution in [3.8, 4) is 11.3 Å². The first-order valence-corrected chi connectivity index (χ1v) is 7.21. The van der Waals surface area contributed by atoms with Gasteiger partial charge in [0.25, 0.3) is 0 Å². The first kappa shape index (κ1) is 14.9. The van der Waals surface area contributed by atoms with Crippen LogP contribution in [0.15, 0.2) is 54.9 Å². The van der Waals surface area contributed by atoms with Crippen LogP contribution in [0.25, 0.3) is 11.3 Å². The Bertz CT molecular complexity index is 801. The van der Waals surface area contributed by atoms with E-state index >= 15 is 0 Å². The van der Waals surface area contributed by atoms with E-state index in [1.54, 1.807) is 36.7 Å². The van der Waals surface area contributed by atoms with Crippen LogP contribution in [0, 0.1) is 5.82 Å². The zero-order chi connectivity index (χ0) is 16.1. The fourth-order valence-electron chi connectivity index (χ4n) is 2.22. The summed E-state index contributed by atoms with van der Waals surface area (Å²) in [7, 11) is 0. The van der Waals surface area contributed by atoms with Crippen LogP contribution in [-0.4, -0.2) is 21.1 Å². The van der Waals surface area contributed by atoms with Crippen LogP contribution >= 0.6 is 0 Å². The van der Waals surface area contributed by atoms with Crippen LogP contribution in [0.2, 0.25) is 0 Å². The van der Waals surface area contributed by atoms with Crippen molar-refractivity contribution in [1.29, 1.82) is 0 Å². The molecule has 0 saturated carbocycles. The van der Waals surface area contributed by atoms with E-state index < -0.39 is 0 Å². The number of aromatic nitrogens is 3. The Morgan fingerprint density at radius 3 is 2.74 bits per heavy atom. The van der Waals surface area contributed by atoms with Gasteiger partial charge in [-0.2, -0.15) is 5.10 Å². The number of carbonyl (C=O) groups excluding carboxylic acids is 1. The number of benzene rings is 1. The lowest BCUT2D eigenvalue weighted by atomic mass is 10.1. The van der Waals surface area contributed by atoms with E-state index in [9.17, 15) is 9.18 Å². The van der Waals surface area contributed by atoms with Gasteiger partial charge >= 0.3 is 0 Å². The molecular weight excluding hydrogens is 295 g/mol.